The molecular formula is C12H13N2O2+. The zero-order valence-electron chi connectivity index (χ0n) is 8.97. The number of rotatable bonds is 2. The molecule has 0 spiro atoms. The quantitative estimate of drug-likeness (QED) is 0.735. The van der Waals surface area contributed by atoms with Crippen molar-refractivity contribution in [3.8, 4) is 11.6 Å². The Kier molecular flexibility index (Phi) is 2.72. The van der Waals surface area contributed by atoms with Crippen LogP contribution in [0.5, 0.6) is 5.88 Å². The van der Waals surface area contributed by atoms with Crippen molar-refractivity contribution in [1.82, 2.24) is 4.98 Å². The average Bonchev–Trinajstić information content (AvgIpc) is 2.29. The second-order valence-corrected chi connectivity index (χ2v) is 3.49. The molecule has 2 aromatic heterocycles. The summed E-state index contributed by atoms with van der Waals surface area (Å²) >= 11 is 0. The van der Waals surface area contributed by atoms with Crippen LogP contribution in [0.15, 0.2) is 41.5 Å². The fraction of sp³-hybridized carbons (Fsp3) is 0.167. The van der Waals surface area contributed by atoms with Crippen LogP contribution < -0.4 is 10.1 Å². The van der Waals surface area contributed by atoms with Crippen LogP contribution in [0, 0.1) is 0 Å². The van der Waals surface area contributed by atoms with Gasteiger partial charge in [0.25, 0.3) is 17.1 Å². The van der Waals surface area contributed by atoms with Crippen molar-refractivity contribution < 1.29 is 9.67 Å². The summed E-state index contributed by atoms with van der Waals surface area (Å²) in [6, 6.07) is 7.13. The lowest BCUT2D eigenvalue weighted by atomic mass is 10.1. The van der Waals surface area contributed by atoms with Crippen molar-refractivity contribution in [1.29, 1.82) is 0 Å². The highest BCUT2D eigenvalue weighted by Crippen LogP contribution is 2.16. The first kappa shape index (κ1) is 10.4. The minimum absolute atomic E-state index is 0.0967. The highest BCUT2D eigenvalue weighted by Gasteiger charge is 2.17. The Balaban J connectivity index is 2.69. The maximum absolute atomic E-state index is 11.2. The molecule has 2 N–H and O–H groups in total. The minimum atomic E-state index is -0.283. The topological polar surface area (TPSA) is 57.0 Å². The lowest BCUT2D eigenvalue weighted by molar-refractivity contribution is -0.597. The fourth-order valence-electron chi connectivity index (χ4n) is 1.70. The van der Waals surface area contributed by atoms with Crippen LogP contribution in [0.4, 0.5) is 0 Å². The Hall–Kier alpha value is -2.10. The monoisotopic (exact) mass is 217 g/mol. The number of nitrogens with one attached hydrogen (secondary N) is 1. The van der Waals surface area contributed by atoms with Gasteiger partial charge in [-0.2, -0.15) is 4.57 Å². The minimum Gasteiger partial charge on any atom is -0.490 e. The van der Waals surface area contributed by atoms with Crippen LogP contribution in [0.1, 0.15) is 12.5 Å². The van der Waals surface area contributed by atoms with Crippen molar-refractivity contribution in [3.63, 3.8) is 0 Å². The highest BCUT2D eigenvalue weighted by molar-refractivity contribution is 5.40. The maximum atomic E-state index is 11.2. The van der Waals surface area contributed by atoms with Crippen molar-refractivity contribution >= 4 is 0 Å². The van der Waals surface area contributed by atoms with Gasteiger partial charge in [0.05, 0.1) is 0 Å². The smallest absolute Gasteiger partial charge is 0.274 e. The van der Waals surface area contributed by atoms with Gasteiger partial charge in [0.1, 0.15) is 0 Å². The van der Waals surface area contributed by atoms with Crippen molar-refractivity contribution in [2.75, 3.05) is 0 Å². The predicted molar refractivity (Wildman–Crippen MR) is 59.6 cm³/mol. The van der Waals surface area contributed by atoms with E-state index in [2.05, 4.69) is 4.98 Å². The van der Waals surface area contributed by atoms with E-state index in [9.17, 15) is 9.90 Å². The molecule has 0 aromatic carbocycles. The molecule has 0 aliphatic rings. The molecule has 0 saturated heterocycles. The molecule has 0 unspecified atom stereocenters. The summed E-state index contributed by atoms with van der Waals surface area (Å²) in [7, 11) is 0. The second kappa shape index (κ2) is 4.18. The summed E-state index contributed by atoms with van der Waals surface area (Å²) in [5.74, 6) is -0.0967. The first-order valence-electron chi connectivity index (χ1n) is 5.14. The summed E-state index contributed by atoms with van der Waals surface area (Å²) in [5, 5.41) is 9.78. The summed E-state index contributed by atoms with van der Waals surface area (Å²) in [4.78, 5) is 13.6. The third-order valence-electron chi connectivity index (χ3n) is 2.43. The van der Waals surface area contributed by atoms with E-state index in [1.165, 1.54) is 6.07 Å². The van der Waals surface area contributed by atoms with E-state index in [4.69, 9.17) is 0 Å². The third-order valence-corrected chi connectivity index (χ3v) is 2.43. The van der Waals surface area contributed by atoms with E-state index < -0.39 is 0 Å². The number of hydrogen-bond acceptors (Lipinski definition) is 2. The van der Waals surface area contributed by atoms with Crippen LogP contribution >= 0.6 is 0 Å². The molecule has 0 aliphatic carbocycles. The number of aromatic nitrogens is 2. The predicted octanol–water partition coefficient (Wildman–Crippen LogP) is 0.920. The highest BCUT2D eigenvalue weighted by atomic mass is 16.3. The van der Waals surface area contributed by atoms with Gasteiger partial charge in [-0.1, -0.05) is 13.0 Å². The molecular weight excluding hydrogens is 204 g/mol. The lowest BCUT2D eigenvalue weighted by Crippen LogP contribution is -2.32. The summed E-state index contributed by atoms with van der Waals surface area (Å²) in [6.45, 7) is 1.95. The number of H-pyrrole nitrogens is 1. The molecule has 2 heterocycles. The molecule has 0 amide bonds. The van der Waals surface area contributed by atoms with Crippen molar-refractivity contribution in [3.05, 3.63) is 52.6 Å². The summed E-state index contributed by atoms with van der Waals surface area (Å²) < 4.78 is 1.78. The fourth-order valence-corrected chi connectivity index (χ4v) is 1.70. The van der Waals surface area contributed by atoms with E-state index in [0.29, 0.717) is 12.1 Å². The first-order chi connectivity index (χ1) is 7.72. The van der Waals surface area contributed by atoms with E-state index >= 15 is 0 Å². The van der Waals surface area contributed by atoms with E-state index in [-0.39, 0.29) is 11.4 Å². The van der Waals surface area contributed by atoms with Gasteiger partial charge in [-0.25, -0.2) is 0 Å². The molecule has 2 rings (SSSR count). The number of pyridine rings is 2. The molecule has 0 fully saturated rings. The third kappa shape index (κ3) is 1.82. The van der Waals surface area contributed by atoms with Gasteiger partial charge in [0, 0.05) is 23.8 Å². The Morgan fingerprint density at radius 1 is 1.31 bits per heavy atom. The van der Waals surface area contributed by atoms with Gasteiger partial charge in [0.15, 0.2) is 12.4 Å². The SMILES string of the molecule is CCc1cc(=O)[nH]c(O)c1-[n+]1ccccc1. The standard InChI is InChI=1S/C12H12N2O2/c1-2-9-8-10(15)13-12(16)11(9)14-6-4-3-5-7-14/h3-8H,2H2,1H3,(H-,13,15,16)/p+1. The molecule has 0 saturated carbocycles. The van der Waals surface area contributed by atoms with E-state index in [1.54, 1.807) is 4.57 Å². The molecule has 0 bridgehead atoms. The normalized spacial score (nSPS) is 10.3. The van der Waals surface area contributed by atoms with Gasteiger partial charge < -0.3 is 5.11 Å². The molecule has 2 aromatic rings. The van der Waals surface area contributed by atoms with E-state index in [1.807, 2.05) is 37.5 Å². The maximum Gasteiger partial charge on any atom is 0.274 e. The van der Waals surface area contributed by atoms with Crippen LogP contribution in [-0.2, 0) is 6.42 Å². The van der Waals surface area contributed by atoms with Gasteiger partial charge >= 0.3 is 0 Å². The molecule has 4 nitrogen and oxygen atoms in total. The molecule has 0 radical (unpaired) electrons. The molecule has 82 valence electrons. The molecule has 16 heavy (non-hydrogen) atoms. The Bertz CT molecular complexity index is 547. The van der Waals surface area contributed by atoms with Crippen LogP contribution in [0.2, 0.25) is 0 Å². The molecule has 0 atom stereocenters. The second-order valence-electron chi connectivity index (χ2n) is 3.49. The van der Waals surface area contributed by atoms with Gasteiger partial charge in [-0.3, -0.25) is 9.78 Å². The first-order valence-corrected chi connectivity index (χ1v) is 5.14. The number of aromatic hydroxyl groups is 1. The lowest BCUT2D eigenvalue weighted by Gasteiger charge is -2.03. The Morgan fingerprint density at radius 3 is 2.62 bits per heavy atom. The number of aryl methyl sites for hydroxylation is 1. The van der Waals surface area contributed by atoms with Gasteiger partial charge in [-0.15, -0.1) is 0 Å². The molecule has 4 heteroatoms. The zero-order chi connectivity index (χ0) is 11.5. The van der Waals surface area contributed by atoms with Crippen molar-refractivity contribution in [2.45, 2.75) is 13.3 Å². The Morgan fingerprint density at radius 2 is 2.00 bits per heavy atom. The van der Waals surface area contributed by atoms with Crippen LogP contribution in [0.25, 0.3) is 5.69 Å². The summed E-state index contributed by atoms with van der Waals surface area (Å²) in [6.07, 6.45) is 4.34. The van der Waals surface area contributed by atoms with Gasteiger partial charge in [-0.05, 0) is 6.42 Å². The van der Waals surface area contributed by atoms with Crippen molar-refractivity contribution in [2.24, 2.45) is 0 Å². The zero-order valence-corrected chi connectivity index (χ0v) is 8.97. The van der Waals surface area contributed by atoms with E-state index in [0.717, 1.165) is 5.56 Å². The number of hydrogen-bond donors (Lipinski definition) is 2. The molecule has 0 aliphatic heterocycles. The van der Waals surface area contributed by atoms with Crippen LogP contribution in [0.3, 0.4) is 0 Å². The number of nitrogens with zero attached hydrogens (tertiary/aromatic N) is 1. The Labute approximate surface area is 92.8 Å². The van der Waals surface area contributed by atoms with Crippen LogP contribution in [-0.4, -0.2) is 10.1 Å². The number of aromatic amines is 1. The summed E-state index contributed by atoms with van der Waals surface area (Å²) in [5.41, 5.74) is 1.16. The average molecular weight is 217 g/mol. The van der Waals surface area contributed by atoms with Gasteiger partial charge in [0.2, 0.25) is 0 Å². The largest absolute Gasteiger partial charge is 0.490 e.